The highest BCUT2D eigenvalue weighted by molar-refractivity contribution is 7.89. The highest BCUT2D eigenvalue weighted by Crippen LogP contribution is 2.21. The molecule has 0 spiro atoms. The third kappa shape index (κ3) is 3.44. The molecule has 0 aromatic heterocycles. The van der Waals surface area contributed by atoms with E-state index in [1.54, 1.807) is 20.8 Å². The van der Waals surface area contributed by atoms with Gasteiger partial charge in [-0.25, -0.2) is 17.9 Å². The van der Waals surface area contributed by atoms with Gasteiger partial charge < -0.3 is 10.8 Å². The summed E-state index contributed by atoms with van der Waals surface area (Å²) in [5.41, 5.74) is 4.79. The van der Waals surface area contributed by atoms with Crippen molar-refractivity contribution in [3.05, 3.63) is 23.8 Å². The van der Waals surface area contributed by atoms with Crippen LogP contribution in [0.1, 0.15) is 31.1 Å². The summed E-state index contributed by atoms with van der Waals surface area (Å²) >= 11 is 0. The molecule has 0 radical (unpaired) electrons. The van der Waals surface area contributed by atoms with Crippen LogP contribution >= 0.6 is 0 Å². The highest BCUT2D eigenvalue weighted by atomic mass is 32.2. The Morgan fingerprint density at radius 3 is 2.28 bits per heavy atom. The van der Waals surface area contributed by atoms with Gasteiger partial charge in [0, 0.05) is 5.54 Å². The molecule has 4 N–H and O–H groups in total. The summed E-state index contributed by atoms with van der Waals surface area (Å²) in [6, 6.07) is 3.52. The van der Waals surface area contributed by atoms with Crippen molar-refractivity contribution in [2.24, 2.45) is 0 Å². The fourth-order valence-corrected chi connectivity index (χ4v) is 2.92. The first-order valence-corrected chi connectivity index (χ1v) is 6.68. The van der Waals surface area contributed by atoms with Crippen molar-refractivity contribution in [3.8, 4) is 0 Å². The SMILES string of the molecule is CC(C)(C)NS(=O)(=O)c1ccc(C(=O)O)cc1N. The fourth-order valence-electron chi connectivity index (χ4n) is 1.38. The Hall–Kier alpha value is -1.60. The number of nitrogens with one attached hydrogen (secondary N) is 1. The first-order valence-electron chi connectivity index (χ1n) is 5.20. The second-order valence-electron chi connectivity index (χ2n) is 4.91. The van der Waals surface area contributed by atoms with Gasteiger partial charge in [0.1, 0.15) is 4.90 Å². The van der Waals surface area contributed by atoms with Crippen LogP contribution in [0, 0.1) is 0 Å². The maximum Gasteiger partial charge on any atom is 0.335 e. The van der Waals surface area contributed by atoms with E-state index in [2.05, 4.69) is 4.72 Å². The average Bonchev–Trinajstić information content (AvgIpc) is 2.12. The molecule has 100 valence electrons. The molecule has 7 heteroatoms. The van der Waals surface area contributed by atoms with Gasteiger partial charge >= 0.3 is 5.97 Å². The Labute approximate surface area is 106 Å². The largest absolute Gasteiger partial charge is 0.478 e. The Balaban J connectivity index is 3.23. The predicted molar refractivity (Wildman–Crippen MR) is 67.9 cm³/mol. The standard InChI is InChI=1S/C11H16N2O4S/c1-11(2,3)13-18(16,17)9-5-4-7(10(14)15)6-8(9)12/h4-6,13H,12H2,1-3H3,(H,14,15). The number of nitrogens with two attached hydrogens (primary N) is 1. The van der Waals surface area contributed by atoms with Gasteiger partial charge in [0.2, 0.25) is 10.0 Å². The topological polar surface area (TPSA) is 109 Å². The molecule has 0 heterocycles. The van der Waals surface area contributed by atoms with Crippen LogP contribution < -0.4 is 10.5 Å². The van der Waals surface area contributed by atoms with Crippen molar-refractivity contribution in [1.29, 1.82) is 0 Å². The van der Waals surface area contributed by atoms with E-state index in [1.807, 2.05) is 0 Å². The molecule has 0 bridgehead atoms. The summed E-state index contributed by atoms with van der Waals surface area (Å²) in [7, 11) is -3.76. The number of nitrogen functional groups attached to an aromatic ring is 1. The van der Waals surface area contributed by atoms with Crippen LogP contribution in [0.25, 0.3) is 0 Å². The number of rotatable bonds is 3. The van der Waals surface area contributed by atoms with Crippen LogP contribution in [0.15, 0.2) is 23.1 Å². The van der Waals surface area contributed by atoms with E-state index >= 15 is 0 Å². The highest BCUT2D eigenvalue weighted by Gasteiger charge is 2.24. The van der Waals surface area contributed by atoms with Crippen LogP contribution in [0.2, 0.25) is 0 Å². The smallest absolute Gasteiger partial charge is 0.335 e. The first-order chi connectivity index (χ1) is 8.03. The van der Waals surface area contributed by atoms with E-state index in [0.717, 1.165) is 6.07 Å². The van der Waals surface area contributed by atoms with Gasteiger partial charge in [-0.05, 0) is 39.0 Å². The number of hydrogen-bond donors (Lipinski definition) is 3. The molecule has 0 saturated carbocycles. The van der Waals surface area contributed by atoms with Crippen LogP contribution in [-0.2, 0) is 10.0 Å². The average molecular weight is 272 g/mol. The van der Waals surface area contributed by atoms with Crippen molar-refractivity contribution in [2.45, 2.75) is 31.2 Å². The lowest BCUT2D eigenvalue weighted by atomic mass is 10.1. The third-order valence-corrected chi connectivity index (χ3v) is 3.82. The van der Waals surface area contributed by atoms with Crippen LogP contribution in [-0.4, -0.2) is 25.0 Å². The number of aromatic carboxylic acids is 1. The minimum atomic E-state index is -3.76. The molecule has 0 atom stereocenters. The molecule has 0 aliphatic heterocycles. The van der Waals surface area contributed by atoms with E-state index in [1.165, 1.54) is 12.1 Å². The summed E-state index contributed by atoms with van der Waals surface area (Å²) in [5, 5.41) is 8.77. The molecule has 18 heavy (non-hydrogen) atoms. The number of sulfonamides is 1. The van der Waals surface area contributed by atoms with Crippen molar-refractivity contribution in [2.75, 3.05) is 5.73 Å². The summed E-state index contributed by atoms with van der Waals surface area (Å²) < 4.78 is 26.5. The number of hydrogen-bond acceptors (Lipinski definition) is 4. The molecular formula is C11H16N2O4S. The van der Waals surface area contributed by atoms with Gasteiger partial charge in [0.25, 0.3) is 0 Å². The maximum atomic E-state index is 12.0. The molecular weight excluding hydrogens is 256 g/mol. The van der Waals surface area contributed by atoms with Gasteiger partial charge in [-0.1, -0.05) is 0 Å². The van der Waals surface area contributed by atoms with Crippen LogP contribution in [0.4, 0.5) is 5.69 Å². The zero-order valence-corrected chi connectivity index (χ0v) is 11.2. The van der Waals surface area contributed by atoms with Crippen LogP contribution in [0.5, 0.6) is 0 Å². The third-order valence-electron chi connectivity index (χ3n) is 1.99. The summed E-state index contributed by atoms with van der Waals surface area (Å²) in [6.45, 7) is 5.10. The van der Waals surface area contributed by atoms with Gasteiger partial charge in [-0.3, -0.25) is 0 Å². The summed E-state index contributed by atoms with van der Waals surface area (Å²) in [5.74, 6) is -1.16. The molecule has 0 fully saturated rings. The van der Waals surface area contributed by atoms with Gasteiger partial charge in [0.05, 0.1) is 11.3 Å². The van der Waals surface area contributed by atoms with Crippen molar-refractivity contribution >= 4 is 21.7 Å². The minimum absolute atomic E-state index is 0.0535. The quantitative estimate of drug-likeness (QED) is 0.712. The molecule has 1 rings (SSSR count). The van der Waals surface area contributed by atoms with Crippen molar-refractivity contribution < 1.29 is 18.3 Å². The molecule has 1 aromatic rings. The van der Waals surface area contributed by atoms with Gasteiger partial charge in [-0.2, -0.15) is 0 Å². The van der Waals surface area contributed by atoms with Crippen molar-refractivity contribution in [1.82, 2.24) is 4.72 Å². The lowest BCUT2D eigenvalue weighted by Gasteiger charge is -2.21. The lowest BCUT2D eigenvalue weighted by molar-refractivity contribution is 0.0697. The zero-order valence-electron chi connectivity index (χ0n) is 10.4. The van der Waals surface area contributed by atoms with Crippen molar-refractivity contribution in [3.63, 3.8) is 0 Å². The van der Waals surface area contributed by atoms with Gasteiger partial charge in [0.15, 0.2) is 0 Å². The normalized spacial score (nSPS) is 12.4. The zero-order chi connectivity index (χ0) is 14.1. The number of carboxylic acids is 1. The van der Waals surface area contributed by atoms with E-state index < -0.39 is 21.5 Å². The van der Waals surface area contributed by atoms with E-state index in [-0.39, 0.29) is 16.1 Å². The molecule has 6 nitrogen and oxygen atoms in total. The number of carbonyl (C=O) groups is 1. The molecule has 0 saturated heterocycles. The Morgan fingerprint density at radius 2 is 1.89 bits per heavy atom. The predicted octanol–water partition coefficient (Wildman–Crippen LogP) is 1.04. The molecule has 0 aliphatic rings. The molecule has 0 unspecified atom stereocenters. The minimum Gasteiger partial charge on any atom is -0.478 e. The van der Waals surface area contributed by atoms with E-state index in [4.69, 9.17) is 10.8 Å². The fraction of sp³-hybridized carbons (Fsp3) is 0.364. The first kappa shape index (κ1) is 14.5. The Kier molecular flexibility index (Phi) is 3.68. The maximum absolute atomic E-state index is 12.0. The number of anilines is 1. The number of benzene rings is 1. The number of carboxylic acid groups (broad SMARTS) is 1. The van der Waals surface area contributed by atoms with Crippen LogP contribution in [0.3, 0.4) is 0 Å². The second kappa shape index (κ2) is 4.58. The molecule has 1 aromatic carbocycles. The Bertz CT molecular complexity index is 573. The molecule has 0 aliphatic carbocycles. The monoisotopic (exact) mass is 272 g/mol. The molecule has 0 amide bonds. The lowest BCUT2D eigenvalue weighted by Crippen LogP contribution is -2.40. The Morgan fingerprint density at radius 1 is 1.33 bits per heavy atom. The van der Waals surface area contributed by atoms with E-state index in [9.17, 15) is 13.2 Å². The van der Waals surface area contributed by atoms with Gasteiger partial charge in [-0.15, -0.1) is 0 Å². The second-order valence-corrected chi connectivity index (χ2v) is 6.56. The van der Waals surface area contributed by atoms with E-state index in [0.29, 0.717) is 0 Å². The summed E-state index contributed by atoms with van der Waals surface area (Å²) in [6.07, 6.45) is 0. The summed E-state index contributed by atoms with van der Waals surface area (Å²) in [4.78, 5) is 10.6.